The molecule has 9 heteroatoms. The van der Waals surface area contributed by atoms with Crippen molar-refractivity contribution < 1.29 is 14.5 Å². The highest BCUT2D eigenvalue weighted by atomic mass is 35.5. The predicted octanol–water partition coefficient (Wildman–Crippen LogP) is 4.94. The number of anilines is 2. The van der Waals surface area contributed by atoms with Gasteiger partial charge >= 0.3 is 6.03 Å². The molecular weight excluding hydrogens is 357 g/mol. The number of nitrogens with one attached hydrogen (secondary N) is 2. The highest BCUT2D eigenvalue weighted by Crippen LogP contribution is 2.29. The molecule has 2 rings (SSSR count). The molecule has 0 heterocycles. The maximum Gasteiger partial charge on any atom is 0.323 e. The van der Waals surface area contributed by atoms with Gasteiger partial charge in [0.25, 0.3) is 5.69 Å². The van der Waals surface area contributed by atoms with Crippen LogP contribution in [0, 0.1) is 10.1 Å². The van der Waals surface area contributed by atoms with Crippen molar-refractivity contribution in [2.75, 3.05) is 17.2 Å². The summed E-state index contributed by atoms with van der Waals surface area (Å²) in [6, 6.07) is 8.08. The van der Waals surface area contributed by atoms with Gasteiger partial charge in [-0.1, -0.05) is 23.2 Å². The molecule has 0 aromatic heterocycles. The van der Waals surface area contributed by atoms with Gasteiger partial charge in [0.05, 0.1) is 27.6 Å². The van der Waals surface area contributed by atoms with Crippen molar-refractivity contribution >= 4 is 46.3 Å². The van der Waals surface area contributed by atoms with Crippen LogP contribution >= 0.6 is 23.2 Å². The van der Waals surface area contributed by atoms with Crippen LogP contribution in [0.2, 0.25) is 10.0 Å². The molecule has 0 aliphatic rings. The van der Waals surface area contributed by atoms with Crippen molar-refractivity contribution in [3.63, 3.8) is 0 Å². The molecule has 0 aliphatic carbocycles. The van der Waals surface area contributed by atoms with Gasteiger partial charge in [-0.15, -0.1) is 0 Å². The molecule has 0 bridgehead atoms. The van der Waals surface area contributed by atoms with Crippen molar-refractivity contribution in [1.82, 2.24) is 0 Å². The van der Waals surface area contributed by atoms with Gasteiger partial charge < -0.3 is 15.4 Å². The van der Waals surface area contributed by atoms with E-state index >= 15 is 0 Å². The summed E-state index contributed by atoms with van der Waals surface area (Å²) in [7, 11) is 0. The molecular formula is C15H13Cl2N3O4. The van der Waals surface area contributed by atoms with E-state index in [0.717, 1.165) is 0 Å². The first-order valence-electron chi connectivity index (χ1n) is 6.85. The zero-order valence-corrected chi connectivity index (χ0v) is 14.0. The fourth-order valence-electron chi connectivity index (χ4n) is 1.88. The zero-order chi connectivity index (χ0) is 17.7. The van der Waals surface area contributed by atoms with E-state index in [0.29, 0.717) is 23.1 Å². The summed E-state index contributed by atoms with van der Waals surface area (Å²) in [6.07, 6.45) is 0. The first-order chi connectivity index (χ1) is 11.4. The largest absolute Gasteiger partial charge is 0.494 e. The number of carbonyl (C=O) groups is 1. The van der Waals surface area contributed by atoms with Crippen LogP contribution in [0.15, 0.2) is 36.4 Å². The molecule has 2 N–H and O–H groups in total. The van der Waals surface area contributed by atoms with Gasteiger partial charge in [0, 0.05) is 5.69 Å². The lowest BCUT2D eigenvalue weighted by molar-refractivity contribution is -0.384. The minimum atomic E-state index is -0.652. The normalized spacial score (nSPS) is 10.1. The number of carbonyl (C=O) groups excluding carboxylic acids is 1. The monoisotopic (exact) mass is 369 g/mol. The van der Waals surface area contributed by atoms with Crippen LogP contribution in [0.25, 0.3) is 0 Å². The highest BCUT2D eigenvalue weighted by Gasteiger charge is 2.17. The number of hydrogen-bond donors (Lipinski definition) is 2. The molecule has 0 saturated heterocycles. The topological polar surface area (TPSA) is 93.5 Å². The fraction of sp³-hybridized carbons (Fsp3) is 0.133. The first-order valence-corrected chi connectivity index (χ1v) is 7.60. The smallest absolute Gasteiger partial charge is 0.323 e. The average Bonchev–Trinajstić information content (AvgIpc) is 2.52. The lowest BCUT2D eigenvalue weighted by Crippen LogP contribution is -2.20. The lowest BCUT2D eigenvalue weighted by atomic mass is 10.2. The second-order valence-electron chi connectivity index (χ2n) is 4.58. The number of nitro groups is 1. The second-order valence-corrected chi connectivity index (χ2v) is 5.39. The maximum absolute atomic E-state index is 12.0. The average molecular weight is 370 g/mol. The second kappa shape index (κ2) is 7.85. The summed E-state index contributed by atoms with van der Waals surface area (Å²) < 4.78 is 5.22. The minimum Gasteiger partial charge on any atom is -0.494 e. The molecule has 2 amide bonds. The predicted molar refractivity (Wildman–Crippen MR) is 93.4 cm³/mol. The van der Waals surface area contributed by atoms with Gasteiger partial charge in [0.1, 0.15) is 11.4 Å². The Kier molecular flexibility index (Phi) is 5.83. The van der Waals surface area contributed by atoms with E-state index < -0.39 is 11.0 Å². The van der Waals surface area contributed by atoms with E-state index in [-0.39, 0.29) is 16.4 Å². The van der Waals surface area contributed by atoms with Gasteiger partial charge in [-0.05, 0) is 37.3 Å². The van der Waals surface area contributed by atoms with Crippen molar-refractivity contribution in [2.45, 2.75) is 6.92 Å². The van der Waals surface area contributed by atoms with Gasteiger partial charge in [0.15, 0.2) is 0 Å². The summed E-state index contributed by atoms with van der Waals surface area (Å²) in [5.41, 5.74) is 0.168. The Bertz CT molecular complexity index is 783. The molecule has 7 nitrogen and oxygen atoms in total. The number of ether oxygens (including phenoxy) is 1. The van der Waals surface area contributed by atoms with Crippen molar-refractivity contribution in [3.8, 4) is 5.75 Å². The van der Waals surface area contributed by atoms with Crippen LogP contribution < -0.4 is 15.4 Å². The summed E-state index contributed by atoms with van der Waals surface area (Å²) in [5, 5.41) is 16.7. The molecule has 0 atom stereocenters. The van der Waals surface area contributed by atoms with Crippen LogP contribution in [0.5, 0.6) is 5.75 Å². The Balaban J connectivity index is 2.15. The van der Waals surface area contributed by atoms with E-state index in [1.165, 1.54) is 30.3 Å². The summed E-state index contributed by atoms with van der Waals surface area (Å²) in [6.45, 7) is 2.14. The van der Waals surface area contributed by atoms with E-state index in [1.807, 2.05) is 0 Å². The third-order valence-electron chi connectivity index (χ3n) is 2.90. The molecule has 126 valence electrons. The molecule has 0 spiro atoms. The van der Waals surface area contributed by atoms with E-state index in [1.54, 1.807) is 13.0 Å². The number of urea groups is 1. The maximum atomic E-state index is 12.0. The number of amides is 2. The Labute approximate surface area is 147 Å². The molecule has 24 heavy (non-hydrogen) atoms. The van der Waals surface area contributed by atoms with Crippen LogP contribution in [0.1, 0.15) is 6.92 Å². The van der Waals surface area contributed by atoms with Crippen LogP contribution in [-0.2, 0) is 0 Å². The number of benzene rings is 2. The third-order valence-corrected chi connectivity index (χ3v) is 3.64. The number of halogens is 2. The van der Waals surface area contributed by atoms with Crippen molar-refractivity contribution in [2.24, 2.45) is 0 Å². The summed E-state index contributed by atoms with van der Waals surface area (Å²) in [4.78, 5) is 22.6. The molecule has 0 fully saturated rings. The lowest BCUT2D eigenvalue weighted by Gasteiger charge is -2.10. The molecule has 0 unspecified atom stereocenters. The molecule has 2 aromatic carbocycles. The number of hydrogen-bond acceptors (Lipinski definition) is 4. The SMILES string of the molecule is CCOc1ccc(NC(=O)Nc2ccc(Cl)c(Cl)c2)c([N+](=O)[O-])c1. The van der Waals surface area contributed by atoms with Crippen molar-refractivity contribution in [1.29, 1.82) is 0 Å². The van der Waals surface area contributed by atoms with Gasteiger partial charge in [-0.2, -0.15) is 0 Å². The van der Waals surface area contributed by atoms with Gasteiger partial charge in [-0.25, -0.2) is 4.79 Å². The minimum absolute atomic E-state index is 0.0426. The quantitative estimate of drug-likeness (QED) is 0.576. The Morgan fingerprint density at radius 3 is 2.54 bits per heavy atom. The Morgan fingerprint density at radius 2 is 1.92 bits per heavy atom. The fourth-order valence-corrected chi connectivity index (χ4v) is 2.18. The highest BCUT2D eigenvalue weighted by molar-refractivity contribution is 6.42. The number of rotatable bonds is 5. The zero-order valence-electron chi connectivity index (χ0n) is 12.5. The van der Waals surface area contributed by atoms with Gasteiger partial charge in [-0.3, -0.25) is 10.1 Å². The van der Waals surface area contributed by atoms with Crippen LogP contribution in [0.4, 0.5) is 21.9 Å². The van der Waals surface area contributed by atoms with Gasteiger partial charge in [0.2, 0.25) is 0 Å². The number of nitrogens with zero attached hydrogens (tertiary/aromatic N) is 1. The molecule has 0 aliphatic heterocycles. The Morgan fingerprint density at radius 1 is 1.17 bits per heavy atom. The van der Waals surface area contributed by atoms with Crippen LogP contribution in [-0.4, -0.2) is 17.6 Å². The Hall–Kier alpha value is -2.51. The van der Waals surface area contributed by atoms with E-state index in [2.05, 4.69) is 10.6 Å². The number of nitro benzene ring substituents is 1. The summed E-state index contributed by atoms with van der Waals surface area (Å²) >= 11 is 11.7. The van der Waals surface area contributed by atoms with E-state index in [9.17, 15) is 14.9 Å². The summed E-state index contributed by atoms with van der Waals surface area (Å²) in [5.74, 6) is 0.347. The third kappa shape index (κ3) is 4.50. The molecule has 2 aromatic rings. The van der Waals surface area contributed by atoms with E-state index in [4.69, 9.17) is 27.9 Å². The standard InChI is InChI=1S/C15H13Cl2N3O4/c1-2-24-10-4-6-13(14(8-10)20(22)23)19-15(21)18-9-3-5-11(16)12(17)7-9/h3-8H,2H2,1H3,(H2,18,19,21). The van der Waals surface area contributed by atoms with Crippen molar-refractivity contribution in [3.05, 3.63) is 56.6 Å². The molecule has 0 saturated carbocycles. The first kappa shape index (κ1) is 17.8. The van der Waals surface area contributed by atoms with Crippen LogP contribution in [0.3, 0.4) is 0 Å². The molecule has 0 radical (unpaired) electrons.